The molecule has 6 nitrogen and oxygen atoms in total. The van der Waals surface area contributed by atoms with E-state index in [1.165, 1.54) is 0 Å². The number of rotatable bonds is 6. The number of hydrogen-bond donors (Lipinski definition) is 2. The summed E-state index contributed by atoms with van der Waals surface area (Å²) in [6.45, 7) is 8.07. The van der Waals surface area contributed by atoms with Gasteiger partial charge in [-0.15, -0.1) is 0 Å². The van der Waals surface area contributed by atoms with Crippen LogP contribution in [0.2, 0.25) is 0 Å². The molecule has 1 saturated heterocycles. The van der Waals surface area contributed by atoms with E-state index in [0.29, 0.717) is 19.8 Å². The number of anilines is 1. The third-order valence-electron chi connectivity index (χ3n) is 3.46. The van der Waals surface area contributed by atoms with E-state index in [0.717, 1.165) is 31.0 Å². The molecule has 0 saturated carbocycles. The van der Waals surface area contributed by atoms with Gasteiger partial charge in [0, 0.05) is 32.4 Å². The number of aromatic nitrogens is 1. The number of nitrogens with zero attached hydrogens (tertiary/aromatic N) is 2. The second-order valence-corrected chi connectivity index (χ2v) is 5.04. The van der Waals surface area contributed by atoms with Gasteiger partial charge in [0.1, 0.15) is 11.9 Å². The van der Waals surface area contributed by atoms with Crippen LogP contribution in [0.3, 0.4) is 0 Å². The normalized spacial score (nSPS) is 19.2. The number of hydrogen-bond acceptors (Lipinski definition) is 5. The van der Waals surface area contributed by atoms with Crippen molar-refractivity contribution in [2.45, 2.75) is 26.4 Å². The molecule has 0 aliphatic carbocycles. The quantitative estimate of drug-likeness (QED) is 0.814. The fraction of sp³-hybridized carbons (Fsp3) is 0.600. The Morgan fingerprint density at radius 2 is 2.33 bits per heavy atom. The van der Waals surface area contributed by atoms with E-state index in [9.17, 15) is 4.79 Å². The summed E-state index contributed by atoms with van der Waals surface area (Å²) in [5.74, 6) is 0.913. The molecule has 2 rings (SSSR count). The molecule has 1 aliphatic rings. The molecule has 0 spiro atoms. The van der Waals surface area contributed by atoms with Crippen LogP contribution in [-0.4, -0.2) is 54.7 Å². The predicted molar refractivity (Wildman–Crippen MR) is 82.1 cm³/mol. The van der Waals surface area contributed by atoms with E-state index < -0.39 is 0 Å². The first-order chi connectivity index (χ1) is 10.2. The molecular formula is C15H24N4O2. The van der Waals surface area contributed by atoms with Crippen molar-refractivity contribution in [2.24, 2.45) is 0 Å². The highest BCUT2D eigenvalue weighted by atomic mass is 16.5. The summed E-state index contributed by atoms with van der Waals surface area (Å²) < 4.78 is 5.45. The molecule has 1 fully saturated rings. The Morgan fingerprint density at radius 1 is 1.48 bits per heavy atom. The molecule has 1 atom stereocenters. The maximum Gasteiger partial charge on any atom is 0.239 e. The monoisotopic (exact) mass is 292 g/mol. The number of nitrogens with one attached hydrogen (secondary N) is 2. The number of carbonyl (C=O) groups excluding carboxylic acids is 1. The van der Waals surface area contributed by atoms with Crippen LogP contribution in [0.1, 0.15) is 19.4 Å². The highest BCUT2D eigenvalue weighted by Crippen LogP contribution is 2.14. The van der Waals surface area contributed by atoms with Crippen LogP contribution >= 0.6 is 0 Å². The molecule has 1 aromatic rings. The molecular weight excluding hydrogens is 268 g/mol. The Labute approximate surface area is 125 Å². The SMILES string of the molecule is CCNC(=O)C1COCCN1Cc1ccnc(NCC)c1. The van der Waals surface area contributed by atoms with E-state index in [4.69, 9.17) is 4.74 Å². The number of carbonyl (C=O) groups is 1. The van der Waals surface area contributed by atoms with Crippen molar-refractivity contribution < 1.29 is 9.53 Å². The molecule has 0 aromatic carbocycles. The smallest absolute Gasteiger partial charge is 0.239 e. The van der Waals surface area contributed by atoms with Gasteiger partial charge in [-0.1, -0.05) is 0 Å². The highest BCUT2D eigenvalue weighted by molar-refractivity contribution is 5.81. The average molecular weight is 292 g/mol. The summed E-state index contributed by atoms with van der Waals surface area (Å²) >= 11 is 0. The summed E-state index contributed by atoms with van der Waals surface area (Å²) in [6, 6.07) is 3.81. The van der Waals surface area contributed by atoms with Gasteiger partial charge in [-0.05, 0) is 31.5 Å². The lowest BCUT2D eigenvalue weighted by molar-refractivity contribution is -0.132. The maximum atomic E-state index is 12.1. The molecule has 116 valence electrons. The minimum Gasteiger partial charge on any atom is -0.378 e. The van der Waals surface area contributed by atoms with Crippen molar-refractivity contribution in [3.05, 3.63) is 23.9 Å². The Bertz CT molecular complexity index is 467. The van der Waals surface area contributed by atoms with E-state index in [2.05, 4.69) is 20.5 Å². The fourth-order valence-electron chi connectivity index (χ4n) is 2.45. The van der Waals surface area contributed by atoms with Crippen molar-refractivity contribution in [2.75, 3.05) is 38.2 Å². The third-order valence-corrected chi connectivity index (χ3v) is 3.46. The molecule has 1 aliphatic heterocycles. The summed E-state index contributed by atoms with van der Waals surface area (Å²) in [5, 5.41) is 6.08. The van der Waals surface area contributed by atoms with Crippen molar-refractivity contribution >= 4 is 11.7 Å². The van der Waals surface area contributed by atoms with E-state index in [1.807, 2.05) is 26.0 Å². The molecule has 0 bridgehead atoms. The maximum absolute atomic E-state index is 12.1. The topological polar surface area (TPSA) is 66.5 Å². The van der Waals surface area contributed by atoms with Gasteiger partial charge in [0.25, 0.3) is 0 Å². The first-order valence-electron chi connectivity index (χ1n) is 7.53. The van der Waals surface area contributed by atoms with E-state index in [1.54, 1.807) is 6.20 Å². The highest BCUT2D eigenvalue weighted by Gasteiger charge is 2.28. The number of likely N-dealkylation sites (N-methyl/N-ethyl adjacent to an activating group) is 1. The fourth-order valence-corrected chi connectivity index (χ4v) is 2.45. The minimum atomic E-state index is -0.213. The number of pyridine rings is 1. The van der Waals surface area contributed by atoms with Crippen molar-refractivity contribution in [3.63, 3.8) is 0 Å². The lowest BCUT2D eigenvalue weighted by Crippen LogP contribution is -2.53. The lowest BCUT2D eigenvalue weighted by atomic mass is 10.1. The van der Waals surface area contributed by atoms with E-state index >= 15 is 0 Å². The molecule has 2 N–H and O–H groups in total. The molecule has 1 unspecified atom stereocenters. The van der Waals surface area contributed by atoms with Gasteiger partial charge in [0.2, 0.25) is 5.91 Å². The van der Waals surface area contributed by atoms with Gasteiger partial charge in [-0.2, -0.15) is 0 Å². The molecule has 21 heavy (non-hydrogen) atoms. The van der Waals surface area contributed by atoms with Crippen LogP contribution in [0.15, 0.2) is 18.3 Å². The number of ether oxygens (including phenoxy) is 1. The van der Waals surface area contributed by atoms with Gasteiger partial charge in [-0.25, -0.2) is 4.98 Å². The molecule has 2 heterocycles. The summed E-state index contributed by atoms with van der Waals surface area (Å²) in [7, 11) is 0. The van der Waals surface area contributed by atoms with Gasteiger partial charge in [0.15, 0.2) is 0 Å². The Morgan fingerprint density at radius 3 is 3.10 bits per heavy atom. The Balaban J connectivity index is 2.04. The van der Waals surface area contributed by atoms with Crippen LogP contribution in [-0.2, 0) is 16.1 Å². The first kappa shape index (κ1) is 15.7. The van der Waals surface area contributed by atoms with Crippen LogP contribution in [0, 0.1) is 0 Å². The zero-order valence-electron chi connectivity index (χ0n) is 12.8. The van der Waals surface area contributed by atoms with Crippen LogP contribution in [0.4, 0.5) is 5.82 Å². The summed E-state index contributed by atoms with van der Waals surface area (Å²) in [6.07, 6.45) is 1.80. The summed E-state index contributed by atoms with van der Waals surface area (Å²) in [4.78, 5) is 18.5. The van der Waals surface area contributed by atoms with Gasteiger partial charge in [-0.3, -0.25) is 9.69 Å². The average Bonchev–Trinajstić information content (AvgIpc) is 2.49. The second kappa shape index (κ2) is 7.95. The van der Waals surface area contributed by atoms with Crippen molar-refractivity contribution in [1.82, 2.24) is 15.2 Å². The molecule has 1 aromatic heterocycles. The van der Waals surface area contributed by atoms with Gasteiger partial charge < -0.3 is 15.4 Å². The standard InChI is InChI=1S/C15H24N4O2/c1-3-16-14-9-12(5-6-18-14)10-19-7-8-21-11-13(19)15(20)17-4-2/h5-6,9,13H,3-4,7-8,10-11H2,1-2H3,(H,16,18)(H,17,20). The Hall–Kier alpha value is -1.66. The van der Waals surface area contributed by atoms with Gasteiger partial charge >= 0.3 is 0 Å². The number of morpholine rings is 1. The molecule has 0 radical (unpaired) electrons. The zero-order chi connectivity index (χ0) is 15.1. The van der Waals surface area contributed by atoms with Gasteiger partial charge in [0.05, 0.1) is 13.2 Å². The summed E-state index contributed by atoms with van der Waals surface area (Å²) in [5.41, 5.74) is 1.15. The first-order valence-corrected chi connectivity index (χ1v) is 7.53. The molecule has 6 heteroatoms. The minimum absolute atomic E-state index is 0.0400. The van der Waals surface area contributed by atoms with Crippen molar-refractivity contribution in [1.29, 1.82) is 0 Å². The van der Waals surface area contributed by atoms with Crippen molar-refractivity contribution in [3.8, 4) is 0 Å². The zero-order valence-corrected chi connectivity index (χ0v) is 12.8. The lowest BCUT2D eigenvalue weighted by Gasteiger charge is -2.34. The Kier molecular flexibility index (Phi) is 5.95. The third kappa shape index (κ3) is 4.41. The molecule has 1 amide bonds. The van der Waals surface area contributed by atoms with E-state index in [-0.39, 0.29) is 11.9 Å². The van der Waals surface area contributed by atoms with Crippen LogP contribution < -0.4 is 10.6 Å². The van der Waals surface area contributed by atoms with Crippen LogP contribution in [0.5, 0.6) is 0 Å². The van der Waals surface area contributed by atoms with Crippen LogP contribution in [0.25, 0.3) is 0 Å². The number of amides is 1. The largest absolute Gasteiger partial charge is 0.378 e. The predicted octanol–water partition coefficient (Wildman–Crippen LogP) is 0.850. The second-order valence-electron chi connectivity index (χ2n) is 5.04.